The molecule has 0 aliphatic carbocycles. The third kappa shape index (κ3) is 4.01. The van der Waals surface area contributed by atoms with Gasteiger partial charge in [-0.25, -0.2) is 13.2 Å². The summed E-state index contributed by atoms with van der Waals surface area (Å²) in [4.78, 5) is 13.0. The Hall–Kier alpha value is -2.73. The zero-order chi connectivity index (χ0) is 19.4. The fraction of sp³-hybridized carbons (Fsp3) is 0.263. The van der Waals surface area contributed by atoms with Gasteiger partial charge in [0, 0.05) is 26.2 Å². The molecule has 0 aromatic heterocycles. The molecule has 1 fully saturated rings. The van der Waals surface area contributed by atoms with Crippen molar-refractivity contribution in [2.24, 2.45) is 0 Å². The van der Waals surface area contributed by atoms with Crippen LogP contribution in [0, 0.1) is 11.3 Å². The predicted octanol–water partition coefficient (Wildman–Crippen LogP) is 1.96. The molecule has 1 N–H and O–H groups in total. The second-order valence-corrected chi connectivity index (χ2v) is 8.15. The van der Waals surface area contributed by atoms with Gasteiger partial charge in [-0.1, -0.05) is 30.3 Å². The van der Waals surface area contributed by atoms with E-state index in [9.17, 15) is 18.5 Å². The van der Waals surface area contributed by atoms with E-state index in [4.69, 9.17) is 5.11 Å². The summed E-state index contributed by atoms with van der Waals surface area (Å²) in [5.74, 6) is -1.10. The molecule has 2 aromatic carbocycles. The molecular weight excluding hydrogens is 366 g/mol. The second-order valence-electron chi connectivity index (χ2n) is 6.21. The van der Waals surface area contributed by atoms with Crippen molar-refractivity contribution in [1.29, 1.82) is 5.26 Å². The lowest BCUT2D eigenvalue weighted by Crippen LogP contribution is -2.49. The zero-order valence-electron chi connectivity index (χ0n) is 14.5. The first-order valence-electron chi connectivity index (χ1n) is 8.45. The van der Waals surface area contributed by atoms with Gasteiger partial charge in [-0.05, 0) is 29.8 Å². The Kier molecular flexibility index (Phi) is 5.56. The molecule has 1 saturated heterocycles. The van der Waals surface area contributed by atoms with Gasteiger partial charge in [-0.2, -0.15) is 9.57 Å². The average Bonchev–Trinajstić information content (AvgIpc) is 2.70. The molecule has 0 radical (unpaired) electrons. The minimum absolute atomic E-state index is 0.0403. The quantitative estimate of drug-likeness (QED) is 0.844. The lowest BCUT2D eigenvalue weighted by atomic mass is 10.1. The molecule has 8 heteroatoms. The average molecular weight is 385 g/mol. The van der Waals surface area contributed by atoms with Crippen LogP contribution in [-0.4, -0.2) is 54.9 Å². The van der Waals surface area contributed by atoms with E-state index < -0.39 is 22.0 Å². The summed E-state index contributed by atoms with van der Waals surface area (Å²) < 4.78 is 26.9. The van der Waals surface area contributed by atoms with Crippen LogP contribution in [0.25, 0.3) is 0 Å². The van der Waals surface area contributed by atoms with Crippen LogP contribution >= 0.6 is 0 Å². The van der Waals surface area contributed by atoms with Crippen molar-refractivity contribution in [2.75, 3.05) is 26.2 Å². The van der Waals surface area contributed by atoms with E-state index in [-0.39, 0.29) is 23.5 Å². The Morgan fingerprint density at radius 1 is 1.00 bits per heavy atom. The van der Waals surface area contributed by atoms with Gasteiger partial charge in [-0.3, -0.25) is 4.90 Å². The standard InChI is InChI=1S/C19H19N3O4S/c20-14-18(15-4-2-1-3-5-15)21-10-12-22(13-11-21)27(25,26)17-8-6-16(7-9-17)19(23)24/h1-9,18H,10-13H2,(H,23,24)/t18-/m0/s1. The number of carbonyl (C=O) groups is 1. The summed E-state index contributed by atoms with van der Waals surface area (Å²) in [6.07, 6.45) is 0. The van der Waals surface area contributed by atoms with Crippen LogP contribution in [-0.2, 0) is 10.0 Å². The number of aromatic carboxylic acids is 1. The SMILES string of the molecule is N#C[C@@H](c1ccccc1)N1CCN(S(=O)(=O)c2ccc(C(=O)O)cc2)CC1. The highest BCUT2D eigenvalue weighted by atomic mass is 32.2. The number of benzene rings is 2. The highest BCUT2D eigenvalue weighted by Crippen LogP contribution is 2.24. The first-order chi connectivity index (χ1) is 12.9. The third-order valence-corrected chi connectivity index (χ3v) is 6.53. The van der Waals surface area contributed by atoms with Gasteiger partial charge >= 0.3 is 5.97 Å². The molecule has 0 unspecified atom stereocenters. The van der Waals surface area contributed by atoms with E-state index >= 15 is 0 Å². The van der Waals surface area contributed by atoms with Crippen molar-refractivity contribution in [3.8, 4) is 6.07 Å². The van der Waals surface area contributed by atoms with Crippen LogP contribution in [0.3, 0.4) is 0 Å². The van der Waals surface area contributed by atoms with E-state index in [0.29, 0.717) is 13.1 Å². The Labute approximate surface area is 158 Å². The molecule has 0 spiro atoms. The molecule has 2 aromatic rings. The van der Waals surface area contributed by atoms with Crippen LogP contribution in [0.1, 0.15) is 22.0 Å². The predicted molar refractivity (Wildman–Crippen MR) is 98.5 cm³/mol. The lowest BCUT2D eigenvalue weighted by Gasteiger charge is -2.36. The first-order valence-corrected chi connectivity index (χ1v) is 9.89. The van der Waals surface area contributed by atoms with Crippen LogP contribution < -0.4 is 0 Å². The third-order valence-electron chi connectivity index (χ3n) is 4.62. The molecular formula is C19H19N3O4S. The molecule has 3 rings (SSSR count). The van der Waals surface area contributed by atoms with Crippen molar-refractivity contribution in [3.63, 3.8) is 0 Å². The number of rotatable bonds is 5. The number of nitrogens with zero attached hydrogens (tertiary/aromatic N) is 3. The van der Waals surface area contributed by atoms with Gasteiger partial charge in [0.25, 0.3) is 0 Å². The summed E-state index contributed by atoms with van der Waals surface area (Å²) >= 11 is 0. The highest BCUT2D eigenvalue weighted by molar-refractivity contribution is 7.89. The van der Waals surface area contributed by atoms with Crippen LogP contribution in [0.4, 0.5) is 0 Å². The number of nitriles is 1. The zero-order valence-corrected chi connectivity index (χ0v) is 15.3. The van der Waals surface area contributed by atoms with E-state index in [1.807, 2.05) is 35.2 Å². The van der Waals surface area contributed by atoms with Gasteiger partial charge in [0.05, 0.1) is 16.5 Å². The monoisotopic (exact) mass is 385 g/mol. The van der Waals surface area contributed by atoms with E-state index in [0.717, 1.165) is 5.56 Å². The maximum Gasteiger partial charge on any atom is 0.335 e. The Morgan fingerprint density at radius 2 is 1.59 bits per heavy atom. The molecule has 1 aliphatic rings. The molecule has 27 heavy (non-hydrogen) atoms. The smallest absolute Gasteiger partial charge is 0.335 e. The minimum atomic E-state index is -3.69. The normalized spacial score (nSPS) is 17.1. The highest BCUT2D eigenvalue weighted by Gasteiger charge is 2.31. The van der Waals surface area contributed by atoms with Crippen LogP contribution in [0.5, 0.6) is 0 Å². The Bertz CT molecular complexity index is 945. The van der Waals surface area contributed by atoms with E-state index in [1.165, 1.54) is 28.6 Å². The van der Waals surface area contributed by atoms with Gasteiger partial charge in [0.2, 0.25) is 10.0 Å². The molecule has 7 nitrogen and oxygen atoms in total. The van der Waals surface area contributed by atoms with Gasteiger partial charge in [-0.15, -0.1) is 0 Å². The molecule has 0 saturated carbocycles. The molecule has 1 aliphatic heterocycles. The van der Waals surface area contributed by atoms with Crippen LogP contribution in [0.2, 0.25) is 0 Å². The minimum Gasteiger partial charge on any atom is -0.478 e. The summed E-state index contributed by atoms with van der Waals surface area (Å²) in [5, 5.41) is 18.5. The van der Waals surface area contributed by atoms with Crippen molar-refractivity contribution < 1.29 is 18.3 Å². The number of hydrogen-bond acceptors (Lipinski definition) is 5. The summed E-state index contributed by atoms with van der Waals surface area (Å²) in [7, 11) is -3.69. The second kappa shape index (κ2) is 7.88. The summed E-state index contributed by atoms with van der Waals surface area (Å²) in [6.45, 7) is 1.43. The van der Waals surface area contributed by atoms with Gasteiger partial charge < -0.3 is 5.11 Å². The molecule has 0 amide bonds. The molecule has 0 bridgehead atoms. The number of hydrogen-bond donors (Lipinski definition) is 1. The van der Waals surface area contributed by atoms with E-state index in [1.54, 1.807) is 0 Å². The van der Waals surface area contributed by atoms with Crippen molar-refractivity contribution >= 4 is 16.0 Å². The number of piperazine rings is 1. The fourth-order valence-corrected chi connectivity index (χ4v) is 4.55. The van der Waals surface area contributed by atoms with Gasteiger partial charge in [0.15, 0.2) is 0 Å². The Balaban J connectivity index is 1.71. The lowest BCUT2D eigenvalue weighted by molar-refractivity contribution is 0.0696. The fourth-order valence-electron chi connectivity index (χ4n) is 3.12. The number of sulfonamides is 1. The molecule has 1 heterocycles. The van der Waals surface area contributed by atoms with Crippen molar-refractivity contribution in [3.05, 3.63) is 65.7 Å². The molecule has 140 valence electrons. The maximum atomic E-state index is 12.8. The Morgan fingerprint density at radius 3 is 2.11 bits per heavy atom. The molecule has 1 atom stereocenters. The topological polar surface area (TPSA) is 102 Å². The number of carboxylic acids is 1. The maximum absolute atomic E-state index is 12.8. The number of carboxylic acid groups (broad SMARTS) is 1. The van der Waals surface area contributed by atoms with Crippen molar-refractivity contribution in [1.82, 2.24) is 9.21 Å². The summed E-state index contributed by atoms with van der Waals surface area (Å²) in [6, 6.07) is 16.5. The first kappa shape index (κ1) is 19.0. The van der Waals surface area contributed by atoms with Crippen molar-refractivity contribution in [2.45, 2.75) is 10.9 Å². The van der Waals surface area contributed by atoms with Crippen LogP contribution in [0.15, 0.2) is 59.5 Å². The summed E-state index contributed by atoms with van der Waals surface area (Å²) in [5.41, 5.74) is 0.930. The largest absolute Gasteiger partial charge is 0.478 e. The van der Waals surface area contributed by atoms with Gasteiger partial charge in [0.1, 0.15) is 6.04 Å². The van der Waals surface area contributed by atoms with E-state index in [2.05, 4.69) is 6.07 Å².